The van der Waals surface area contributed by atoms with Gasteiger partial charge in [0.25, 0.3) is 0 Å². The summed E-state index contributed by atoms with van der Waals surface area (Å²) in [5.41, 5.74) is 1.53. The highest BCUT2D eigenvalue weighted by Gasteiger charge is 1.84. The minimum atomic E-state index is 1.18. The Morgan fingerprint density at radius 1 is 1.43 bits per heavy atom. The standard InChI is InChI=1S/C5H8I2/c1-2-5(3-6)4-7/h2H,3-4H2,1H3. The largest absolute Gasteiger partial charge is 0.0869 e. The second-order valence-corrected chi connectivity index (χ2v) is 2.74. The molecule has 0 aliphatic rings. The molecule has 0 fully saturated rings. The Labute approximate surface area is 72.0 Å². The van der Waals surface area contributed by atoms with Crippen molar-refractivity contribution in [2.75, 3.05) is 8.86 Å². The van der Waals surface area contributed by atoms with Crippen LogP contribution in [0.1, 0.15) is 6.92 Å². The molecule has 0 aliphatic heterocycles. The summed E-state index contributed by atoms with van der Waals surface area (Å²) in [6.07, 6.45) is 2.18. The highest BCUT2D eigenvalue weighted by molar-refractivity contribution is 14.1. The van der Waals surface area contributed by atoms with Crippen LogP contribution in [-0.4, -0.2) is 8.86 Å². The van der Waals surface area contributed by atoms with Crippen LogP contribution in [0.3, 0.4) is 0 Å². The number of alkyl halides is 2. The van der Waals surface area contributed by atoms with E-state index >= 15 is 0 Å². The van der Waals surface area contributed by atoms with Crippen molar-refractivity contribution >= 4 is 45.2 Å². The average molecular weight is 322 g/mol. The van der Waals surface area contributed by atoms with E-state index in [4.69, 9.17) is 0 Å². The van der Waals surface area contributed by atoms with E-state index in [9.17, 15) is 0 Å². The molecule has 0 saturated heterocycles. The zero-order valence-electron chi connectivity index (χ0n) is 4.25. The van der Waals surface area contributed by atoms with Crippen LogP contribution in [0.15, 0.2) is 11.6 Å². The van der Waals surface area contributed by atoms with Gasteiger partial charge in [-0.1, -0.05) is 56.8 Å². The van der Waals surface area contributed by atoms with Crippen LogP contribution in [0.5, 0.6) is 0 Å². The molecule has 0 bridgehead atoms. The molecule has 0 aromatic rings. The van der Waals surface area contributed by atoms with Gasteiger partial charge in [0.15, 0.2) is 0 Å². The summed E-state index contributed by atoms with van der Waals surface area (Å²) >= 11 is 4.75. The van der Waals surface area contributed by atoms with Crippen molar-refractivity contribution in [1.82, 2.24) is 0 Å². The summed E-state index contributed by atoms with van der Waals surface area (Å²) in [6, 6.07) is 0. The van der Waals surface area contributed by atoms with E-state index in [0.717, 1.165) is 0 Å². The number of hydrogen-bond acceptors (Lipinski definition) is 0. The Morgan fingerprint density at radius 2 is 1.86 bits per heavy atom. The summed E-state index contributed by atoms with van der Waals surface area (Å²) in [5.74, 6) is 0. The summed E-state index contributed by atoms with van der Waals surface area (Å²) in [5, 5.41) is 0. The maximum Gasteiger partial charge on any atom is 0.0213 e. The topological polar surface area (TPSA) is 0 Å². The van der Waals surface area contributed by atoms with Gasteiger partial charge in [-0.3, -0.25) is 0 Å². The van der Waals surface area contributed by atoms with Crippen molar-refractivity contribution in [3.05, 3.63) is 11.6 Å². The predicted molar refractivity (Wildman–Crippen MR) is 51.5 cm³/mol. The van der Waals surface area contributed by atoms with E-state index in [1.807, 2.05) is 0 Å². The molecule has 0 aromatic heterocycles. The molecule has 0 heterocycles. The summed E-state index contributed by atoms with van der Waals surface area (Å²) in [7, 11) is 0. The molecule has 2 heteroatoms. The minimum absolute atomic E-state index is 1.18. The molecule has 0 atom stereocenters. The molecular weight excluding hydrogens is 314 g/mol. The molecule has 7 heavy (non-hydrogen) atoms. The van der Waals surface area contributed by atoms with Gasteiger partial charge in [0.05, 0.1) is 0 Å². The van der Waals surface area contributed by atoms with Gasteiger partial charge in [0.2, 0.25) is 0 Å². The predicted octanol–water partition coefficient (Wildman–Crippen LogP) is 2.80. The second kappa shape index (κ2) is 5.34. The molecule has 0 aromatic carbocycles. The Hall–Kier alpha value is 1.20. The Kier molecular flexibility index (Phi) is 6.25. The Morgan fingerprint density at radius 3 is 1.86 bits per heavy atom. The van der Waals surface area contributed by atoms with Crippen LogP contribution in [0.25, 0.3) is 0 Å². The third-order valence-corrected chi connectivity index (χ3v) is 2.71. The quantitative estimate of drug-likeness (QED) is 0.417. The van der Waals surface area contributed by atoms with Crippen molar-refractivity contribution in [3.63, 3.8) is 0 Å². The fourth-order valence-electron chi connectivity index (χ4n) is 0.190. The first-order chi connectivity index (χ1) is 3.35. The van der Waals surface area contributed by atoms with Gasteiger partial charge in [0, 0.05) is 8.86 Å². The lowest BCUT2D eigenvalue weighted by Crippen LogP contribution is -1.81. The first kappa shape index (κ1) is 8.20. The zero-order valence-corrected chi connectivity index (χ0v) is 8.56. The fraction of sp³-hybridized carbons (Fsp3) is 0.600. The van der Waals surface area contributed by atoms with E-state index in [0.29, 0.717) is 0 Å². The summed E-state index contributed by atoms with van der Waals surface area (Å²) < 4.78 is 2.36. The van der Waals surface area contributed by atoms with Crippen molar-refractivity contribution in [2.24, 2.45) is 0 Å². The molecule has 0 spiro atoms. The van der Waals surface area contributed by atoms with E-state index in [2.05, 4.69) is 58.2 Å². The van der Waals surface area contributed by atoms with Gasteiger partial charge in [-0.15, -0.1) is 0 Å². The van der Waals surface area contributed by atoms with Crippen LogP contribution in [0.4, 0.5) is 0 Å². The number of halogens is 2. The van der Waals surface area contributed by atoms with E-state index in [1.54, 1.807) is 0 Å². The lowest BCUT2D eigenvalue weighted by atomic mass is 10.3. The third kappa shape index (κ3) is 3.76. The number of hydrogen-bond donors (Lipinski definition) is 0. The van der Waals surface area contributed by atoms with E-state index < -0.39 is 0 Å². The van der Waals surface area contributed by atoms with Crippen LogP contribution < -0.4 is 0 Å². The molecule has 0 aliphatic carbocycles. The molecule has 0 N–H and O–H groups in total. The van der Waals surface area contributed by atoms with Gasteiger partial charge in [-0.25, -0.2) is 0 Å². The van der Waals surface area contributed by atoms with Crippen LogP contribution >= 0.6 is 45.2 Å². The van der Waals surface area contributed by atoms with Crippen LogP contribution in [-0.2, 0) is 0 Å². The second-order valence-electron chi connectivity index (χ2n) is 1.21. The SMILES string of the molecule is CC=C(CI)CI. The maximum absolute atomic E-state index is 2.38. The molecule has 0 saturated carbocycles. The molecule has 42 valence electrons. The fourth-order valence-corrected chi connectivity index (χ4v) is 2.64. The van der Waals surface area contributed by atoms with Crippen molar-refractivity contribution < 1.29 is 0 Å². The van der Waals surface area contributed by atoms with Gasteiger partial charge >= 0.3 is 0 Å². The molecule has 0 nitrogen and oxygen atoms in total. The molecule has 0 amide bonds. The first-order valence-corrected chi connectivity index (χ1v) is 5.16. The lowest BCUT2D eigenvalue weighted by molar-refractivity contribution is 1.44. The molecule has 0 rings (SSSR count). The zero-order chi connectivity index (χ0) is 5.70. The smallest absolute Gasteiger partial charge is 0.0213 e. The van der Waals surface area contributed by atoms with Gasteiger partial charge in [-0.2, -0.15) is 0 Å². The Bertz CT molecular complexity index is 60.5. The van der Waals surface area contributed by atoms with Gasteiger partial charge in [-0.05, 0) is 6.92 Å². The van der Waals surface area contributed by atoms with Crippen molar-refractivity contribution in [1.29, 1.82) is 0 Å². The normalized spacial score (nSPS) is 8.43. The molecule has 0 radical (unpaired) electrons. The lowest BCUT2D eigenvalue weighted by Gasteiger charge is -1.90. The van der Waals surface area contributed by atoms with Gasteiger partial charge < -0.3 is 0 Å². The maximum atomic E-state index is 2.38. The van der Waals surface area contributed by atoms with Crippen LogP contribution in [0.2, 0.25) is 0 Å². The third-order valence-electron chi connectivity index (χ3n) is 0.752. The monoisotopic (exact) mass is 322 g/mol. The van der Waals surface area contributed by atoms with Crippen molar-refractivity contribution in [3.8, 4) is 0 Å². The highest BCUT2D eigenvalue weighted by atomic mass is 127. The first-order valence-electron chi connectivity index (χ1n) is 2.11. The number of allylic oxidation sites excluding steroid dienone is 2. The number of rotatable bonds is 2. The van der Waals surface area contributed by atoms with Crippen LogP contribution in [0, 0.1) is 0 Å². The summed E-state index contributed by atoms with van der Waals surface area (Å²) in [6.45, 7) is 2.09. The summed E-state index contributed by atoms with van der Waals surface area (Å²) in [4.78, 5) is 0. The van der Waals surface area contributed by atoms with Crippen molar-refractivity contribution in [2.45, 2.75) is 6.92 Å². The van der Waals surface area contributed by atoms with Gasteiger partial charge in [0.1, 0.15) is 0 Å². The highest BCUT2D eigenvalue weighted by Crippen LogP contribution is 2.02. The average Bonchev–Trinajstić information content (AvgIpc) is 1.72. The van der Waals surface area contributed by atoms with E-state index in [-0.39, 0.29) is 0 Å². The minimum Gasteiger partial charge on any atom is -0.0869 e. The molecular formula is C5H8I2. The Balaban J connectivity index is 3.38. The van der Waals surface area contributed by atoms with E-state index in [1.165, 1.54) is 14.4 Å². The molecule has 0 unspecified atom stereocenters.